The molecular weight excluding hydrogens is 246 g/mol. The third-order valence-electron chi connectivity index (χ3n) is 3.08. The number of hydrogen-bond donors (Lipinski definition) is 1. The molecule has 5 heteroatoms. The number of aromatic nitrogens is 2. The highest BCUT2D eigenvalue weighted by Gasteiger charge is 2.22. The van der Waals surface area contributed by atoms with E-state index in [4.69, 9.17) is 4.74 Å². The van der Waals surface area contributed by atoms with Gasteiger partial charge in [-0.05, 0) is 12.8 Å². The summed E-state index contributed by atoms with van der Waals surface area (Å²) in [6.45, 7) is 5.21. The molecule has 0 amide bonds. The second kappa shape index (κ2) is 6.38. The number of nitrogens with one attached hydrogen (secondary N) is 1. The van der Waals surface area contributed by atoms with Crippen molar-refractivity contribution in [3.05, 3.63) is 17.1 Å². The molecule has 18 heavy (non-hydrogen) atoms. The summed E-state index contributed by atoms with van der Waals surface area (Å²) in [5.41, 5.74) is 2.46. The van der Waals surface area contributed by atoms with Crippen molar-refractivity contribution in [2.24, 2.45) is 0 Å². The van der Waals surface area contributed by atoms with Gasteiger partial charge in [0.2, 0.25) is 0 Å². The summed E-state index contributed by atoms with van der Waals surface area (Å²) in [5.74, 6) is 3.84. The van der Waals surface area contributed by atoms with Crippen molar-refractivity contribution in [2.75, 3.05) is 19.0 Å². The lowest BCUT2D eigenvalue weighted by atomic mass is 10.2. The molecule has 1 atom stereocenters. The van der Waals surface area contributed by atoms with Gasteiger partial charge >= 0.3 is 0 Å². The number of ether oxygens (including phenoxy) is 1. The van der Waals surface area contributed by atoms with E-state index in [2.05, 4.69) is 29.1 Å². The van der Waals surface area contributed by atoms with Crippen LogP contribution in [0.4, 0.5) is 5.82 Å². The van der Waals surface area contributed by atoms with E-state index in [1.165, 1.54) is 11.3 Å². The highest BCUT2D eigenvalue weighted by Crippen LogP contribution is 2.34. The van der Waals surface area contributed by atoms with Gasteiger partial charge in [-0.1, -0.05) is 13.8 Å². The Bertz CT molecular complexity index is 407. The van der Waals surface area contributed by atoms with E-state index in [-0.39, 0.29) is 6.10 Å². The molecule has 100 valence electrons. The van der Waals surface area contributed by atoms with E-state index in [1.807, 2.05) is 11.8 Å². The van der Waals surface area contributed by atoms with Crippen molar-refractivity contribution in [1.29, 1.82) is 0 Å². The van der Waals surface area contributed by atoms with Crippen molar-refractivity contribution in [3.63, 3.8) is 0 Å². The molecule has 0 fully saturated rings. The van der Waals surface area contributed by atoms with Gasteiger partial charge in [-0.15, -0.1) is 0 Å². The minimum Gasteiger partial charge on any atom is -0.373 e. The van der Waals surface area contributed by atoms with Gasteiger partial charge in [-0.2, -0.15) is 11.8 Å². The predicted molar refractivity (Wildman–Crippen MR) is 75.9 cm³/mol. The van der Waals surface area contributed by atoms with Crippen LogP contribution in [0.5, 0.6) is 0 Å². The number of anilines is 1. The maximum atomic E-state index is 5.45. The molecule has 4 nitrogen and oxygen atoms in total. The molecule has 1 aromatic heterocycles. The molecule has 1 aromatic rings. The first-order chi connectivity index (χ1) is 8.80. The molecule has 2 heterocycles. The predicted octanol–water partition coefficient (Wildman–Crippen LogP) is 3.14. The second-order valence-corrected chi connectivity index (χ2v) is 5.39. The zero-order valence-electron chi connectivity index (χ0n) is 11.3. The average Bonchev–Trinajstić information content (AvgIpc) is 2.85. The molecule has 1 N–H and O–H groups in total. The van der Waals surface area contributed by atoms with Gasteiger partial charge in [0.15, 0.2) is 5.82 Å². The molecule has 0 spiro atoms. The number of thioether (sulfide) groups is 1. The largest absolute Gasteiger partial charge is 0.373 e. The quantitative estimate of drug-likeness (QED) is 0.858. The standard InChI is InChI=1S/C13H21N3OS/c1-4-6-14-12-9-7-18-8-10(9)15-13(16-12)11(5-2)17-3/h11H,4-8H2,1-3H3,(H,14,15,16). The Kier molecular flexibility index (Phi) is 4.83. The van der Waals surface area contributed by atoms with Crippen LogP contribution in [-0.2, 0) is 16.2 Å². The molecular formula is C13H21N3OS. The Morgan fingerprint density at radius 3 is 2.83 bits per heavy atom. The van der Waals surface area contributed by atoms with Crippen molar-refractivity contribution < 1.29 is 4.74 Å². The SMILES string of the molecule is CCCNc1nc(C(CC)OC)nc2c1CSC2. The Labute approximate surface area is 113 Å². The molecule has 0 radical (unpaired) electrons. The summed E-state index contributed by atoms with van der Waals surface area (Å²) < 4.78 is 5.45. The number of methoxy groups -OCH3 is 1. The van der Waals surface area contributed by atoms with Crippen LogP contribution >= 0.6 is 11.8 Å². The van der Waals surface area contributed by atoms with Gasteiger partial charge in [-0.3, -0.25) is 0 Å². The number of rotatable bonds is 6. The minimum atomic E-state index is 0.00285. The fraction of sp³-hybridized carbons (Fsp3) is 0.692. The lowest BCUT2D eigenvalue weighted by molar-refractivity contribution is 0.0925. The van der Waals surface area contributed by atoms with E-state index in [1.54, 1.807) is 7.11 Å². The van der Waals surface area contributed by atoms with Crippen LogP contribution in [0.1, 0.15) is 49.9 Å². The third kappa shape index (κ3) is 2.78. The monoisotopic (exact) mass is 267 g/mol. The number of hydrogen-bond acceptors (Lipinski definition) is 5. The van der Waals surface area contributed by atoms with E-state index in [9.17, 15) is 0 Å². The second-order valence-electron chi connectivity index (χ2n) is 4.41. The van der Waals surface area contributed by atoms with Gasteiger partial charge in [0.05, 0.1) is 5.69 Å². The zero-order valence-corrected chi connectivity index (χ0v) is 12.1. The molecule has 0 saturated heterocycles. The molecule has 1 aliphatic heterocycles. The Morgan fingerprint density at radius 2 is 2.17 bits per heavy atom. The smallest absolute Gasteiger partial charge is 0.159 e. The first kappa shape index (κ1) is 13.6. The van der Waals surface area contributed by atoms with Crippen LogP contribution in [0.3, 0.4) is 0 Å². The molecule has 1 unspecified atom stereocenters. The summed E-state index contributed by atoms with van der Waals surface area (Å²) in [6.07, 6.45) is 2.00. The van der Waals surface area contributed by atoms with Crippen molar-refractivity contribution >= 4 is 17.6 Å². The fourth-order valence-corrected chi connectivity index (χ4v) is 3.10. The number of fused-ring (bicyclic) bond motifs is 1. The van der Waals surface area contributed by atoms with Gasteiger partial charge < -0.3 is 10.1 Å². The highest BCUT2D eigenvalue weighted by atomic mass is 32.2. The fourth-order valence-electron chi connectivity index (χ4n) is 2.06. The van der Waals surface area contributed by atoms with Gasteiger partial charge in [0.1, 0.15) is 11.9 Å². The minimum absolute atomic E-state index is 0.00285. The lowest BCUT2D eigenvalue weighted by Crippen LogP contribution is -2.13. The Hall–Kier alpha value is -0.810. The molecule has 2 rings (SSSR count). The van der Waals surface area contributed by atoms with Crippen molar-refractivity contribution in [3.8, 4) is 0 Å². The van der Waals surface area contributed by atoms with Crippen molar-refractivity contribution in [1.82, 2.24) is 9.97 Å². The molecule has 0 aliphatic carbocycles. The van der Waals surface area contributed by atoms with Gasteiger partial charge in [0, 0.05) is 30.7 Å². The third-order valence-corrected chi connectivity index (χ3v) is 4.05. The van der Waals surface area contributed by atoms with E-state index in [0.29, 0.717) is 0 Å². The van der Waals surface area contributed by atoms with Crippen LogP contribution in [0.15, 0.2) is 0 Å². The normalized spacial score (nSPS) is 15.5. The topological polar surface area (TPSA) is 47.0 Å². The Morgan fingerprint density at radius 1 is 1.33 bits per heavy atom. The van der Waals surface area contributed by atoms with Crippen LogP contribution in [0.25, 0.3) is 0 Å². The molecule has 0 bridgehead atoms. The van der Waals surface area contributed by atoms with Crippen LogP contribution in [0, 0.1) is 0 Å². The first-order valence-electron chi connectivity index (χ1n) is 6.54. The summed E-state index contributed by atoms with van der Waals surface area (Å²) in [7, 11) is 1.72. The van der Waals surface area contributed by atoms with Gasteiger partial charge in [0.25, 0.3) is 0 Å². The van der Waals surface area contributed by atoms with E-state index in [0.717, 1.165) is 42.5 Å². The van der Waals surface area contributed by atoms with Crippen LogP contribution in [-0.4, -0.2) is 23.6 Å². The van der Waals surface area contributed by atoms with Gasteiger partial charge in [-0.25, -0.2) is 9.97 Å². The summed E-state index contributed by atoms with van der Waals surface area (Å²) in [5, 5.41) is 3.42. The molecule has 0 aromatic carbocycles. The van der Waals surface area contributed by atoms with Crippen LogP contribution < -0.4 is 5.32 Å². The summed E-state index contributed by atoms with van der Waals surface area (Å²) in [6, 6.07) is 0. The zero-order chi connectivity index (χ0) is 13.0. The van der Waals surface area contributed by atoms with Crippen molar-refractivity contribution in [2.45, 2.75) is 44.3 Å². The maximum absolute atomic E-state index is 5.45. The first-order valence-corrected chi connectivity index (χ1v) is 7.69. The Balaban J connectivity index is 2.32. The average molecular weight is 267 g/mol. The molecule has 0 saturated carbocycles. The van der Waals surface area contributed by atoms with E-state index < -0.39 is 0 Å². The van der Waals surface area contributed by atoms with Crippen LogP contribution in [0.2, 0.25) is 0 Å². The van der Waals surface area contributed by atoms with E-state index >= 15 is 0 Å². The number of nitrogens with zero attached hydrogens (tertiary/aromatic N) is 2. The molecule has 1 aliphatic rings. The maximum Gasteiger partial charge on any atom is 0.159 e. The highest BCUT2D eigenvalue weighted by molar-refractivity contribution is 7.98. The summed E-state index contributed by atoms with van der Waals surface area (Å²) in [4.78, 5) is 9.33. The lowest BCUT2D eigenvalue weighted by Gasteiger charge is -2.15. The summed E-state index contributed by atoms with van der Waals surface area (Å²) >= 11 is 1.90.